The topological polar surface area (TPSA) is 84.8 Å². The summed E-state index contributed by atoms with van der Waals surface area (Å²) in [6.07, 6.45) is 2.53. The fraction of sp³-hybridized carbons (Fsp3) is 0.300. The van der Waals surface area contributed by atoms with Crippen LogP contribution in [0.15, 0.2) is 46.1 Å². The third-order valence-corrected chi connectivity index (χ3v) is 4.89. The molecule has 26 heavy (non-hydrogen) atoms. The van der Waals surface area contributed by atoms with Crippen molar-refractivity contribution in [2.75, 3.05) is 0 Å². The number of ketones is 1. The number of hydrogen-bond acceptors (Lipinski definition) is 4. The summed E-state index contributed by atoms with van der Waals surface area (Å²) in [4.78, 5) is 44.2. The Balaban J connectivity index is 2.00. The molecule has 2 heterocycles. The number of benzene rings is 1. The van der Waals surface area contributed by atoms with Gasteiger partial charge in [-0.15, -0.1) is 0 Å². The van der Waals surface area contributed by atoms with Crippen molar-refractivity contribution in [1.82, 2.24) is 14.5 Å². The molecule has 4 rings (SSSR count). The normalized spacial score (nSPS) is 15.8. The number of nitrogens with zero attached hydrogens (tertiary/aromatic N) is 2. The second-order valence-electron chi connectivity index (χ2n) is 7.62. The van der Waals surface area contributed by atoms with Crippen molar-refractivity contribution in [2.45, 2.75) is 33.2 Å². The molecule has 1 aliphatic carbocycles. The molecule has 6 heteroatoms. The number of hydrogen-bond donors (Lipinski definition) is 1. The predicted octanol–water partition coefficient (Wildman–Crippen LogP) is 2.29. The van der Waals surface area contributed by atoms with Crippen molar-refractivity contribution < 1.29 is 4.79 Å². The molecule has 0 atom stereocenters. The van der Waals surface area contributed by atoms with Gasteiger partial charge in [-0.25, -0.2) is 9.78 Å². The van der Waals surface area contributed by atoms with Crippen LogP contribution in [0.5, 0.6) is 0 Å². The molecule has 0 unspecified atom stereocenters. The number of aromatic nitrogens is 3. The molecule has 1 aliphatic rings. The van der Waals surface area contributed by atoms with Crippen LogP contribution in [0, 0.1) is 5.41 Å². The summed E-state index contributed by atoms with van der Waals surface area (Å²) in [5.74, 6) is -0.00846. The lowest BCUT2D eigenvalue weighted by atomic mass is 9.73. The van der Waals surface area contributed by atoms with Gasteiger partial charge in [-0.05, 0) is 23.0 Å². The van der Waals surface area contributed by atoms with Crippen LogP contribution in [0.2, 0.25) is 0 Å². The Kier molecular flexibility index (Phi) is 3.64. The van der Waals surface area contributed by atoms with Crippen LogP contribution in [0.25, 0.3) is 11.0 Å². The summed E-state index contributed by atoms with van der Waals surface area (Å²) >= 11 is 0. The molecule has 0 bridgehead atoms. The molecule has 0 spiro atoms. The van der Waals surface area contributed by atoms with E-state index in [1.807, 2.05) is 44.2 Å². The molecule has 132 valence electrons. The number of pyridine rings is 1. The van der Waals surface area contributed by atoms with E-state index in [2.05, 4.69) is 9.97 Å². The minimum Gasteiger partial charge on any atom is -0.294 e. The maximum atomic E-state index is 12.6. The summed E-state index contributed by atoms with van der Waals surface area (Å²) in [7, 11) is 0. The van der Waals surface area contributed by atoms with Gasteiger partial charge in [-0.3, -0.25) is 19.1 Å². The molecule has 2 aromatic heterocycles. The molecule has 0 aliphatic heterocycles. The van der Waals surface area contributed by atoms with Gasteiger partial charge in [-0.1, -0.05) is 44.2 Å². The molecule has 0 fully saturated rings. The first kappa shape index (κ1) is 16.4. The molecule has 1 N–H and O–H groups in total. The largest absolute Gasteiger partial charge is 0.330 e. The molecule has 3 aromatic rings. The minimum absolute atomic E-state index is 0.00846. The van der Waals surface area contributed by atoms with Crippen molar-refractivity contribution in [1.29, 1.82) is 0 Å². The zero-order valence-electron chi connectivity index (χ0n) is 14.7. The second kappa shape index (κ2) is 5.76. The number of aromatic amines is 1. The first-order chi connectivity index (χ1) is 12.4. The smallest absolute Gasteiger partial charge is 0.294 e. The molecule has 0 saturated carbocycles. The number of fused-ring (bicyclic) bond motifs is 3. The average molecular weight is 349 g/mol. The zero-order valence-corrected chi connectivity index (χ0v) is 14.7. The number of H-pyrrole nitrogens is 1. The zero-order chi connectivity index (χ0) is 18.5. The maximum absolute atomic E-state index is 12.6. The van der Waals surface area contributed by atoms with Crippen molar-refractivity contribution in [3.8, 4) is 0 Å². The van der Waals surface area contributed by atoms with Crippen LogP contribution >= 0.6 is 0 Å². The molecular weight excluding hydrogens is 330 g/mol. The lowest BCUT2D eigenvalue weighted by molar-refractivity contribution is 0.0912. The van der Waals surface area contributed by atoms with Gasteiger partial charge in [-0.2, -0.15) is 0 Å². The van der Waals surface area contributed by atoms with Crippen LogP contribution < -0.4 is 11.2 Å². The van der Waals surface area contributed by atoms with Crippen LogP contribution in [-0.4, -0.2) is 20.3 Å². The van der Waals surface area contributed by atoms with Crippen LogP contribution in [-0.2, 0) is 13.0 Å². The molecule has 0 saturated heterocycles. The number of carbonyl (C=O) groups excluding carboxylic acids is 1. The molecule has 6 nitrogen and oxygen atoms in total. The number of rotatable bonds is 2. The summed E-state index contributed by atoms with van der Waals surface area (Å²) in [6.45, 7) is 4.32. The highest BCUT2D eigenvalue weighted by Crippen LogP contribution is 2.36. The highest BCUT2D eigenvalue weighted by molar-refractivity contribution is 6.02. The van der Waals surface area contributed by atoms with E-state index in [0.717, 1.165) is 5.56 Å². The Morgan fingerprint density at radius 2 is 1.85 bits per heavy atom. The van der Waals surface area contributed by atoms with Crippen molar-refractivity contribution in [3.63, 3.8) is 0 Å². The maximum Gasteiger partial charge on any atom is 0.330 e. The Hall–Kier alpha value is -3.02. The van der Waals surface area contributed by atoms with Gasteiger partial charge >= 0.3 is 5.69 Å². The van der Waals surface area contributed by atoms with Gasteiger partial charge in [0, 0.05) is 18.2 Å². The summed E-state index contributed by atoms with van der Waals surface area (Å²) < 4.78 is 1.46. The van der Waals surface area contributed by atoms with Gasteiger partial charge in [0.1, 0.15) is 5.65 Å². The van der Waals surface area contributed by atoms with Crippen LogP contribution in [0.4, 0.5) is 0 Å². The lowest BCUT2D eigenvalue weighted by Gasteiger charge is -2.30. The molecule has 1 aromatic carbocycles. The van der Waals surface area contributed by atoms with E-state index in [-0.39, 0.29) is 11.2 Å². The molecule has 0 amide bonds. The van der Waals surface area contributed by atoms with Gasteiger partial charge in [0.25, 0.3) is 5.56 Å². The minimum atomic E-state index is -0.500. The van der Waals surface area contributed by atoms with Crippen molar-refractivity contribution in [3.05, 3.63) is 74.1 Å². The van der Waals surface area contributed by atoms with Crippen molar-refractivity contribution >= 4 is 16.8 Å². The Morgan fingerprint density at radius 1 is 1.12 bits per heavy atom. The van der Waals surface area contributed by atoms with Gasteiger partial charge in [0.05, 0.1) is 11.9 Å². The van der Waals surface area contributed by atoms with E-state index in [9.17, 15) is 14.4 Å². The van der Waals surface area contributed by atoms with E-state index in [1.54, 1.807) is 0 Å². The first-order valence-electron chi connectivity index (χ1n) is 8.57. The lowest BCUT2D eigenvalue weighted by Crippen LogP contribution is -2.34. The van der Waals surface area contributed by atoms with E-state index >= 15 is 0 Å². The Labute approximate surface area is 149 Å². The number of carbonyl (C=O) groups is 1. The van der Waals surface area contributed by atoms with E-state index in [4.69, 9.17) is 0 Å². The predicted molar refractivity (Wildman–Crippen MR) is 98.6 cm³/mol. The van der Waals surface area contributed by atoms with E-state index in [0.29, 0.717) is 41.5 Å². The molecule has 0 radical (unpaired) electrons. The van der Waals surface area contributed by atoms with Crippen molar-refractivity contribution in [2.24, 2.45) is 5.41 Å². The number of nitrogens with one attached hydrogen (secondary N) is 1. The summed E-state index contributed by atoms with van der Waals surface area (Å²) in [5.41, 5.74) is 1.23. The fourth-order valence-corrected chi connectivity index (χ4v) is 3.71. The SMILES string of the molecule is CC1(C)CC(=O)c2cnc3c(c2C1)c(=O)[nH]c(=O)n3Cc1ccccc1. The monoisotopic (exact) mass is 349 g/mol. The van der Waals surface area contributed by atoms with Crippen LogP contribution in [0.1, 0.15) is 41.8 Å². The third kappa shape index (κ3) is 2.67. The summed E-state index contributed by atoms with van der Waals surface area (Å²) in [5, 5.41) is 0.346. The average Bonchev–Trinajstić information content (AvgIpc) is 2.57. The summed E-state index contributed by atoms with van der Waals surface area (Å²) in [6, 6.07) is 9.51. The molecular formula is C20H19N3O3. The van der Waals surface area contributed by atoms with Crippen LogP contribution in [0.3, 0.4) is 0 Å². The quantitative estimate of drug-likeness (QED) is 0.769. The number of Topliss-reactive ketones (excluding diaryl/α,β-unsaturated/α-hetero) is 1. The standard InChI is InChI=1S/C20H19N3O3/c1-20(2)8-13-14(15(24)9-20)10-21-17-16(13)18(25)22-19(26)23(17)11-12-6-4-3-5-7-12/h3-7,10H,8-9,11H2,1-2H3,(H,22,25,26). The van der Waals surface area contributed by atoms with E-state index in [1.165, 1.54) is 10.8 Å². The Morgan fingerprint density at radius 3 is 2.58 bits per heavy atom. The van der Waals surface area contributed by atoms with Gasteiger partial charge in [0.15, 0.2) is 5.78 Å². The fourth-order valence-electron chi connectivity index (χ4n) is 3.71. The highest BCUT2D eigenvalue weighted by atomic mass is 16.2. The highest BCUT2D eigenvalue weighted by Gasteiger charge is 2.33. The van der Waals surface area contributed by atoms with Gasteiger partial charge < -0.3 is 0 Å². The third-order valence-electron chi connectivity index (χ3n) is 4.89. The van der Waals surface area contributed by atoms with E-state index < -0.39 is 11.2 Å². The second-order valence-corrected chi connectivity index (χ2v) is 7.62. The van der Waals surface area contributed by atoms with Gasteiger partial charge in [0.2, 0.25) is 0 Å². The first-order valence-corrected chi connectivity index (χ1v) is 8.57. The Bertz CT molecular complexity index is 1140.